The van der Waals surface area contributed by atoms with Crippen LogP contribution in [0.5, 0.6) is 0 Å². The third kappa shape index (κ3) is 6.06. The van der Waals surface area contributed by atoms with Crippen molar-refractivity contribution in [3.8, 4) is 22.5 Å². The summed E-state index contributed by atoms with van der Waals surface area (Å²) in [6.45, 7) is 1.48. The van der Waals surface area contributed by atoms with Gasteiger partial charge in [-0.05, 0) is 17.8 Å². The Morgan fingerprint density at radius 3 is 2.21 bits per heavy atom. The van der Waals surface area contributed by atoms with Gasteiger partial charge in [-0.3, -0.25) is 14.6 Å². The van der Waals surface area contributed by atoms with Crippen molar-refractivity contribution in [2.45, 2.75) is 6.92 Å². The van der Waals surface area contributed by atoms with E-state index in [-0.39, 0.29) is 11.5 Å². The molecule has 2 aromatic heterocycles. The molecule has 0 saturated carbocycles. The zero-order valence-electron chi connectivity index (χ0n) is 15.5. The average molecular weight is 423 g/mol. The van der Waals surface area contributed by atoms with Gasteiger partial charge >= 0.3 is 0 Å². The largest absolute Gasteiger partial charge is 0.332 e. The van der Waals surface area contributed by atoms with Crippen LogP contribution in [0, 0.1) is 4.77 Å². The minimum Gasteiger partial charge on any atom is -0.332 e. The molecule has 0 aliphatic heterocycles. The van der Waals surface area contributed by atoms with E-state index in [1.54, 1.807) is 0 Å². The molecule has 6 nitrogen and oxygen atoms in total. The highest BCUT2D eigenvalue weighted by atomic mass is 32.1. The number of thiazole rings is 1. The predicted octanol–water partition coefficient (Wildman–Crippen LogP) is 4.87. The first-order valence-corrected chi connectivity index (χ1v) is 9.97. The lowest BCUT2D eigenvalue weighted by atomic mass is 10.1. The second-order valence-electron chi connectivity index (χ2n) is 5.95. The first kappa shape index (κ1) is 20.4. The summed E-state index contributed by atoms with van der Waals surface area (Å²) in [6, 6.07) is 20.9. The molecule has 0 unspecified atom stereocenters. The molecule has 4 rings (SSSR count). The van der Waals surface area contributed by atoms with Gasteiger partial charge in [0, 0.05) is 23.9 Å². The number of carbonyl (C=O) groups excluding carboxylic acids is 1. The number of aromatic amines is 2. The van der Waals surface area contributed by atoms with Gasteiger partial charge in [0.05, 0.1) is 11.4 Å². The summed E-state index contributed by atoms with van der Waals surface area (Å²) in [5.41, 5.74) is 3.45. The van der Waals surface area contributed by atoms with E-state index < -0.39 is 0 Å². The standard InChI is InChI=1S/C11H10N2OS.C10H8N2OS/c1-8(14)12-11-13-10(7-15-11)9-5-3-2-4-6-9;13-9-6-8(11-10(14)12-9)7-4-2-1-3-5-7/h2-7H,1H3,(H,12,13,14);1-6H,(H2,11,12,13,14). The summed E-state index contributed by atoms with van der Waals surface area (Å²) in [7, 11) is 0. The number of nitrogens with zero attached hydrogens (tertiary/aromatic N) is 1. The van der Waals surface area contributed by atoms with Crippen LogP contribution in [0.2, 0.25) is 0 Å². The number of rotatable bonds is 3. The van der Waals surface area contributed by atoms with Crippen molar-refractivity contribution in [3.63, 3.8) is 0 Å². The van der Waals surface area contributed by atoms with E-state index in [1.807, 2.05) is 66.0 Å². The second-order valence-corrected chi connectivity index (χ2v) is 7.22. The third-order valence-electron chi connectivity index (χ3n) is 3.70. The Morgan fingerprint density at radius 1 is 1.00 bits per heavy atom. The van der Waals surface area contributed by atoms with Crippen molar-refractivity contribution in [2.75, 3.05) is 5.32 Å². The fourth-order valence-corrected chi connectivity index (χ4v) is 3.44. The van der Waals surface area contributed by atoms with E-state index in [0.29, 0.717) is 9.90 Å². The van der Waals surface area contributed by atoms with E-state index in [4.69, 9.17) is 12.2 Å². The average Bonchev–Trinajstić information content (AvgIpc) is 3.17. The fourth-order valence-electron chi connectivity index (χ4n) is 2.47. The molecule has 1 amide bonds. The fraction of sp³-hybridized carbons (Fsp3) is 0.0476. The number of benzene rings is 2. The van der Waals surface area contributed by atoms with Gasteiger partial charge in [-0.1, -0.05) is 60.7 Å². The van der Waals surface area contributed by atoms with Gasteiger partial charge in [0.15, 0.2) is 9.90 Å². The highest BCUT2D eigenvalue weighted by molar-refractivity contribution is 7.71. The molecule has 0 aliphatic carbocycles. The number of hydrogen-bond acceptors (Lipinski definition) is 5. The predicted molar refractivity (Wildman–Crippen MR) is 120 cm³/mol. The van der Waals surface area contributed by atoms with Crippen LogP contribution < -0.4 is 10.9 Å². The Kier molecular flexibility index (Phi) is 6.83. The van der Waals surface area contributed by atoms with Crippen LogP contribution in [0.3, 0.4) is 0 Å². The van der Waals surface area contributed by atoms with Crippen molar-refractivity contribution in [3.05, 3.63) is 87.2 Å². The molecule has 146 valence electrons. The molecular weight excluding hydrogens is 404 g/mol. The molecular formula is C21H18N4O2S2. The van der Waals surface area contributed by atoms with Crippen molar-refractivity contribution in [1.82, 2.24) is 15.0 Å². The van der Waals surface area contributed by atoms with Crippen LogP contribution in [0.25, 0.3) is 22.5 Å². The van der Waals surface area contributed by atoms with Crippen LogP contribution >= 0.6 is 23.6 Å². The maximum Gasteiger partial charge on any atom is 0.252 e. The number of hydrogen-bond donors (Lipinski definition) is 3. The molecule has 2 aromatic carbocycles. The number of nitrogens with one attached hydrogen (secondary N) is 3. The summed E-state index contributed by atoms with van der Waals surface area (Å²) in [5.74, 6) is -0.0936. The summed E-state index contributed by atoms with van der Waals surface area (Å²) in [6.07, 6.45) is 0. The van der Waals surface area contributed by atoms with Gasteiger partial charge in [-0.25, -0.2) is 4.98 Å². The van der Waals surface area contributed by atoms with Crippen LogP contribution in [-0.2, 0) is 4.79 Å². The maximum absolute atomic E-state index is 11.1. The smallest absolute Gasteiger partial charge is 0.252 e. The number of anilines is 1. The molecule has 8 heteroatoms. The van der Waals surface area contributed by atoms with E-state index in [2.05, 4.69) is 20.3 Å². The van der Waals surface area contributed by atoms with Crippen molar-refractivity contribution in [1.29, 1.82) is 0 Å². The summed E-state index contributed by atoms with van der Waals surface area (Å²) >= 11 is 6.31. The van der Waals surface area contributed by atoms with E-state index in [0.717, 1.165) is 22.5 Å². The van der Waals surface area contributed by atoms with E-state index in [1.165, 1.54) is 24.3 Å². The highest BCUT2D eigenvalue weighted by Gasteiger charge is 2.04. The first-order valence-electron chi connectivity index (χ1n) is 8.69. The van der Waals surface area contributed by atoms with Crippen molar-refractivity contribution in [2.24, 2.45) is 0 Å². The lowest BCUT2D eigenvalue weighted by Crippen LogP contribution is -2.06. The maximum atomic E-state index is 11.1. The Bertz CT molecular complexity index is 1170. The molecule has 3 N–H and O–H groups in total. The van der Waals surface area contributed by atoms with Crippen molar-refractivity contribution >= 4 is 34.6 Å². The molecule has 0 fully saturated rings. The number of H-pyrrole nitrogens is 2. The summed E-state index contributed by atoms with van der Waals surface area (Å²) < 4.78 is 0.344. The quantitative estimate of drug-likeness (QED) is 0.411. The third-order valence-corrected chi connectivity index (χ3v) is 4.66. The van der Waals surface area contributed by atoms with Gasteiger partial charge in [0.2, 0.25) is 5.91 Å². The SMILES string of the molecule is CC(=O)Nc1nc(-c2ccccc2)cs1.O=c1cc(-c2ccccc2)[nH]c(=S)[nH]1. The van der Waals surface area contributed by atoms with Gasteiger partial charge in [0.1, 0.15) is 0 Å². The zero-order valence-corrected chi connectivity index (χ0v) is 17.1. The molecule has 2 heterocycles. The lowest BCUT2D eigenvalue weighted by Gasteiger charge is -1.99. The molecule has 29 heavy (non-hydrogen) atoms. The second kappa shape index (κ2) is 9.72. The van der Waals surface area contributed by atoms with Crippen molar-refractivity contribution < 1.29 is 4.79 Å². The Balaban J connectivity index is 0.000000166. The Morgan fingerprint density at radius 2 is 1.62 bits per heavy atom. The Hall–Kier alpha value is -3.36. The number of carbonyl (C=O) groups is 1. The molecule has 0 saturated heterocycles. The molecule has 0 spiro atoms. The Labute approximate surface area is 176 Å². The van der Waals surface area contributed by atoms with Crippen LogP contribution in [-0.4, -0.2) is 20.9 Å². The van der Waals surface area contributed by atoms with Gasteiger partial charge in [0.25, 0.3) is 5.56 Å². The normalized spacial score (nSPS) is 9.97. The van der Waals surface area contributed by atoms with E-state index in [9.17, 15) is 9.59 Å². The van der Waals surface area contributed by atoms with Crippen LogP contribution in [0.1, 0.15) is 6.92 Å². The van der Waals surface area contributed by atoms with Gasteiger partial charge in [-0.2, -0.15) is 0 Å². The van der Waals surface area contributed by atoms with Crippen LogP contribution in [0.4, 0.5) is 5.13 Å². The minimum atomic E-state index is -0.187. The molecule has 0 atom stereocenters. The minimum absolute atomic E-state index is 0.0936. The molecule has 4 aromatic rings. The summed E-state index contributed by atoms with van der Waals surface area (Å²) in [5, 5.41) is 5.23. The van der Waals surface area contributed by atoms with Gasteiger partial charge < -0.3 is 10.3 Å². The van der Waals surface area contributed by atoms with Gasteiger partial charge in [-0.15, -0.1) is 11.3 Å². The summed E-state index contributed by atoms with van der Waals surface area (Å²) in [4.78, 5) is 31.7. The zero-order chi connectivity index (χ0) is 20.6. The van der Waals surface area contributed by atoms with Crippen LogP contribution in [0.15, 0.2) is 76.9 Å². The topological polar surface area (TPSA) is 90.6 Å². The highest BCUT2D eigenvalue weighted by Crippen LogP contribution is 2.24. The lowest BCUT2D eigenvalue weighted by molar-refractivity contribution is -0.114. The number of aromatic nitrogens is 3. The first-order chi connectivity index (χ1) is 14.0. The molecule has 0 aliphatic rings. The molecule has 0 radical (unpaired) electrons. The molecule has 0 bridgehead atoms. The monoisotopic (exact) mass is 422 g/mol. The van der Waals surface area contributed by atoms with E-state index >= 15 is 0 Å². The number of amides is 1.